The van der Waals surface area contributed by atoms with Crippen molar-refractivity contribution in [3.8, 4) is 0 Å². The molecule has 106 valence electrons. The van der Waals surface area contributed by atoms with Gasteiger partial charge in [0.25, 0.3) is 0 Å². The second kappa shape index (κ2) is 5.88. The summed E-state index contributed by atoms with van der Waals surface area (Å²) in [7, 11) is -2.87. The molecule has 1 atom stereocenters. The summed E-state index contributed by atoms with van der Waals surface area (Å²) in [4.78, 5) is 0. The van der Waals surface area contributed by atoms with Crippen LogP contribution in [0.25, 0.3) is 0 Å². The Hall–Kier alpha value is -0.820. The Labute approximate surface area is 109 Å². The van der Waals surface area contributed by atoms with Crippen LogP contribution in [0.5, 0.6) is 0 Å². The molecule has 1 aliphatic heterocycles. The zero-order valence-corrected chi connectivity index (χ0v) is 11.8. The van der Waals surface area contributed by atoms with Crippen LogP contribution in [0.2, 0.25) is 0 Å². The van der Waals surface area contributed by atoms with E-state index < -0.39 is 15.3 Å². The van der Waals surface area contributed by atoms with Crippen molar-refractivity contribution < 1.29 is 13.6 Å². The maximum atomic E-state index is 11.6. The maximum absolute atomic E-state index is 11.6. The fourth-order valence-corrected chi connectivity index (χ4v) is 3.81. The standard InChI is InChI=1S/C11H23N3O3S/c1-11(2,10(12)14-15)5-6-13-8-9-4-3-7-18(9,16)17/h9,13,15H,3-8H2,1-2H3,(H2,12,14). The number of oxime groups is 1. The normalized spacial score (nSPS) is 24.3. The van der Waals surface area contributed by atoms with Crippen molar-refractivity contribution in [1.29, 1.82) is 0 Å². The molecule has 4 N–H and O–H groups in total. The summed E-state index contributed by atoms with van der Waals surface area (Å²) in [5.74, 6) is 0.507. The topological polar surface area (TPSA) is 105 Å². The van der Waals surface area contributed by atoms with E-state index in [1.807, 2.05) is 13.8 Å². The van der Waals surface area contributed by atoms with Gasteiger partial charge in [0.05, 0.1) is 11.0 Å². The molecule has 1 rings (SSSR count). The Kier molecular flexibility index (Phi) is 4.98. The van der Waals surface area contributed by atoms with Crippen LogP contribution in [-0.4, -0.2) is 43.6 Å². The molecule has 0 spiro atoms. The smallest absolute Gasteiger partial charge is 0.154 e. The van der Waals surface area contributed by atoms with Crippen molar-refractivity contribution >= 4 is 15.7 Å². The molecule has 0 aliphatic carbocycles. The summed E-state index contributed by atoms with van der Waals surface area (Å²) in [5, 5.41) is 14.5. The molecular weight excluding hydrogens is 254 g/mol. The lowest BCUT2D eigenvalue weighted by Crippen LogP contribution is -2.37. The van der Waals surface area contributed by atoms with Crippen molar-refractivity contribution in [3.63, 3.8) is 0 Å². The zero-order valence-electron chi connectivity index (χ0n) is 11.0. The van der Waals surface area contributed by atoms with Crippen molar-refractivity contribution in [1.82, 2.24) is 5.32 Å². The lowest BCUT2D eigenvalue weighted by atomic mass is 9.88. The maximum Gasteiger partial charge on any atom is 0.154 e. The molecule has 6 nitrogen and oxygen atoms in total. The molecule has 0 saturated carbocycles. The first-order valence-electron chi connectivity index (χ1n) is 6.20. The van der Waals surface area contributed by atoms with Gasteiger partial charge in [0.2, 0.25) is 0 Å². The van der Waals surface area contributed by atoms with Crippen LogP contribution < -0.4 is 11.1 Å². The first-order valence-corrected chi connectivity index (χ1v) is 7.91. The third-order valence-electron chi connectivity index (χ3n) is 3.56. The van der Waals surface area contributed by atoms with E-state index in [9.17, 15) is 8.42 Å². The second-order valence-corrected chi connectivity index (χ2v) is 7.86. The molecule has 1 unspecified atom stereocenters. The Morgan fingerprint density at radius 2 is 2.22 bits per heavy atom. The van der Waals surface area contributed by atoms with Gasteiger partial charge in [-0.3, -0.25) is 0 Å². The van der Waals surface area contributed by atoms with E-state index >= 15 is 0 Å². The molecule has 0 aromatic carbocycles. The van der Waals surface area contributed by atoms with Crippen LogP contribution in [0.15, 0.2) is 5.16 Å². The van der Waals surface area contributed by atoms with Crippen LogP contribution in [-0.2, 0) is 9.84 Å². The fraction of sp³-hybridized carbons (Fsp3) is 0.909. The van der Waals surface area contributed by atoms with Gasteiger partial charge in [-0.1, -0.05) is 19.0 Å². The summed E-state index contributed by atoms with van der Waals surface area (Å²) in [6.45, 7) is 4.91. The fourth-order valence-electron chi connectivity index (χ4n) is 2.01. The number of nitrogens with one attached hydrogen (secondary N) is 1. The van der Waals surface area contributed by atoms with Crippen molar-refractivity contribution in [2.24, 2.45) is 16.3 Å². The summed E-state index contributed by atoms with van der Waals surface area (Å²) < 4.78 is 23.2. The predicted octanol–water partition coefficient (Wildman–Crippen LogP) is 0.316. The highest BCUT2D eigenvalue weighted by Crippen LogP contribution is 2.21. The van der Waals surface area contributed by atoms with Gasteiger partial charge >= 0.3 is 0 Å². The number of nitrogens with zero attached hydrogens (tertiary/aromatic N) is 1. The first kappa shape index (κ1) is 15.2. The summed E-state index contributed by atoms with van der Waals surface area (Å²) in [6.07, 6.45) is 2.21. The summed E-state index contributed by atoms with van der Waals surface area (Å²) >= 11 is 0. The van der Waals surface area contributed by atoms with Crippen LogP contribution >= 0.6 is 0 Å². The Morgan fingerprint density at radius 3 is 2.72 bits per heavy atom. The second-order valence-electron chi connectivity index (χ2n) is 5.45. The quantitative estimate of drug-likeness (QED) is 0.213. The number of nitrogens with two attached hydrogens (primary N) is 1. The number of amidine groups is 1. The largest absolute Gasteiger partial charge is 0.409 e. The van der Waals surface area contributed by atoms with Crippen LogP contribution in [0.3, 0.4) is 0 Å². The van der Waals surface area contributed by atoms with Gasteiger partial charge in [-0.25, -0.2) is 8.42 Å². The molecule has 0 aromatic heterocycles. The minimum atomic E-state index is -2.87. The number of sulfone groups is 1. The zero-order chi connectivity index (χ0) is 13.8. The Morgan fingerprint density at radius 1 is 1.56 bits per heavy atom. The monoisotopic (exact) mass is 277 g/mol. The molecule has 1 aliphatic rings. The molecule has 1 heterocycles. The molecular formula is C11H23N3O3S. The van der Waals surface area contributed by atoms with Crippen LogP contribution in [0.1, 0.15) is 33.1 Å². The Balaban J connectivity index is 2.31. The molecule has 18 heavy (non-hydrogen) atoms. The summed E-state index contributed by atoms with van der Waals surface area (Å²) in [5.41, 5.74) is 5.18. The van der Waals surface area contributed by atoms with Gasteiger partial charge in [-0.2, -0.15) is 0 Å². The lowest BCUT2D eigenvalue weighted by molar-refractivity contribution is 0.305. The van der Waals surface area contributed by atoms with Crippen LogP contribution in [0, 0.1) is 5.41 Å². The van der Waals surface area contributed by atoms with E-state index in [4.69, 9.17) is 10.9 Å². The third-order valence-corrected chi connectivity index (χ3v) is 5.84. The predicted molar refractivity (Wildman–Crippen MR) is 71.5 cm³/mol. The van der Waals surface area contributed by atoms with Crippen molar-refractivity contribution in [2.75, 3.05) is 18.8 Å². The van der Waals surface area contributed by atoms with Gasteiger partial charge in [-0.15, -0.1) is 0 Å². The average molecular weight is 277 g/mol. The van der Waals surface area contributed by atoms with Gasteiger partial charge in [0, 0.05) is 12.0 Å². The van der Waals surface area contributed by atoms with E-state index in [2.05, 4.69) is 10.5 Å². The van der Waals surface area contributed by atoms with Gasteiger partial charge in [0.1, 0.15) is 5.84 Å². The molecule has 0 amide bonds. The van der Waals surface area contributed by atoms with Crippen molar-refractivity contribution in [2.45, 2.75) is 38.4 Å². The number of hydrogen-bond donors (Lipinski definition) is 3. The van der Waals surface area contributed by atoms with E-state index in [1.54, 1.807) is 0 Å². The molecule has 0 aromatic rings. The minimum Gasteiger partial charge on any atom is -0.409 e. The molecule has 0 bridgehead atoms. The van der Waals surface area contributed by atoms with E-state index in [1.165, 1.54) is 0 Å². The van der Waals surface area contributed by atoms with E-state index in [0.717, 1.165) is 12.8 Å². The Bertz CT molecular complexity index is 404. The van der Waals surface area contributed by atoms with E-state index in [0.29, 0.717) is 25.3 Å². The highest BCUT2D eigenvalue weighted by molar-refractivity contribution is 7.92. The first-order chi connectivity index (χ1) is 8.29. The minimum absolute atomic E-state index is 0.192. The average Bonchev–Trinajstić information content (AvgIpc) is 2.63. The van der Waals surface area contributed by atoms with Gasteiger partial charge in [-0.05, 0) is 25.8 Å². The number of hydrogen-bond acceptors (Lipinski definition) is 5. The molecule has 1 saturated heterocycles. The third kappa shape index (κ3) is 3.84. The highest BCUT2D eigenvalue weighted by Gasteiger charge is 2.31. The molecule has 7 heteroatoms. The van der Waals surface area contributed by atoms with Gasteiger partial charge in [0.15, 0.2) is 9.84 Å². The molecule has 1 fully saturated rings. The summed E-state index contributed by atoms with van der Waals surface area (Å²) in [6, 6.07) is 0. The number of rotatable bonds is 6. The highest BCUT2D eigenvalue weighted by atomic mass is 32.2. The lowest BCUT2D eigenvalue weighted by Gasteiger charge is -2.23. The van der Waals surface area contributed by atoms with Crippen molar-refractivity contribution in [3.05, 3.63) is 0 Å². The van der Waals surface area contributed by atoms with Gasteiger partial charge < -0.3 is 16.3 Å². The van der Waals surface area contributed by atoms with Crippen LogP contribution in [0.4, 0.5) is 0 Å². The molecule has 0 radical (unpaired) electrons. The SMILES string of the molecule is CC(C)(CCNCC1CCCS1(=O)=O)C(N)=NO. The van der Waals surface area contributed by atoms with E-state index in [-0.39, 0.29) is 11.1 Å².